The van der Waals surface area contributed by atoms with E-state index >= 15 is 0 Å². The third-order valence-electron chi connectivity index (χ3n) is 2.32. The minimum Gasteiger partial charge on any atom is -0.368 e. The van der Waals surface area contributed by atoms with Gasteiger partial charge in [0, 0.05) is 0 Å². The highest BCUT2D eigenvalue weighted by molar-refractivity contribution is 5.89. The molecule has 0 bridgehead atoms. The molecule has 98 valence electrons. The van der Waals surface area contributed by atoms with E-state index in [9.17, 15) is 14.4 Å². The fraction of sp³-hybridized carbons (Fsp3) is 0.700. The normalized spacial score (nSPS) is 13.5. The molecule has 0 aromatic carbocycles. The second-order valence-electron chi connectivity index (χ2n) is 3.75. The number of carbonyl (C=O) groups is 3. The molecule has 17 heavy (non-hydrogen) atoms. The van der Waals surface area contributed by atoms with Gasteiger partial charge < -0.3 is 22.1 Å². The lowest BCUT2D eigenvalue weighted by molar-refractivity contribution is -0.129. The monoisotopic (exact) mass is 244 g/mol. The average molecular weight is 244 g/mol. The summed E-state index contributed by atoms with van der Waals surface area (Å²) in [4.78, 5) is 32.8. The van der Waals surface area contributed by atoms with Crippen molar-refractivity contribution in [3.63, 3.8) is 0 Å². The Hall–Kier alpha value is -1.63. The molecule has 0 aromatic heterocycles. The molecule has 0 spiro atoms. The molecule has 7 nitrogen and oxygen atoms in total. The van der Waals surface area contributed by atoms with Crippen LogP contribution in [-0.2, 0) is 14.4 Å². The Bertz CT molecular complexity index is 270. The van der Waals surface area contributed by atoms with Crippen LogP contribution < -0.4 is 22.1 Å². The van der Waals surface area contributed by atoms with Gasteiger partial charge in [-0.3, -0.25) is 14.4 Å². The van der Waals surface area contributed by atoms with E-state index in [1.807, 2.05) is 0 Å². The van der Waals surface area contributed by atoms with E-state index in [0.717, 1.165) is 6.42 Å². The predicted molar refractivity (Wildman–Crippen MR) is 62.7 cm³/mol. The largest absolute Gasteiger partial charge is 0.368 e. The van der Waals surface area contributed by atoms with Crippen LogP contribution in [0.15, 0.2) is 0 Å². The lowest BCUT2D eigenvalue weighted by atomic mass is 10.1. The zero-order valence-corrected chi connectivity index (χ0v) is 9.94. The smallest absolute Gasteiger partial charge is 0.242 e. The first kappa shape index (κ1) is 15.4. The van der Waals surface area contributed by atoms with Gasteiger partial charge in [-0.2, -0.15) is 0 Å². The minimum atomic E-state index is -0.718. The Kier molecular flexibility index (Phi) is 7.70. The summed E-state index contributed by atoms with van der Waals surface area (Å²) in [6.07, 6.45) is 2.35. The maximum atomic E-state index is 11.5. The summed E-state index contributed by atoms with van der Waals surface area (Å²) in [6, 6.07) is -1.41. The molecule has 0 rings (SSSR count). The summed E-state index contributed by atoms with van der Waals surface area (Å²) in [5.74, 6) is -1.03. The number of amides is 3. The Balaban J connectivity index is 4.19. The number of primary amides is 1. The van der Waals surface area contributed by atoms with Crippen molar-refractivity contribution in [2.24, 2.45) is 11.5 Å². The number of hydrogen-bond donors (Lipinski definition) is 4. The zero-order chi connectivity index (χ0) is 13.3. The third kappa shape index (κ3) is 6.52. The van der Waals surface area contributed by atoms with Gasteiger partial charge in [-0.15, -0.1) is 0 Å². The summed E-state index contributed by atoms with van der Waals surface area (Å²) < 4.78 is 0. The molecule has 6 N–H and O–H groups in total. The van der Waals surface area contributed by atoms with E-state index in [2.05, 4.69) is 10.6 Å². The number of carbonyl (C=O) groups excluding carboxylic acids is 3. The summed E-state index contributed by atoms with van der Waals surface area (Å²) in [7, 11) is 0. The van der Waals surface area contributed by atoms with Gasteiger partial charge in [-0.1, -0.05) is 0 Å². The molecule has 0 radical (unpaired) electrons. The van der Waals surface area contributed by atoms with Crippen molar-refractivity contribution < 1.29 is 14.4 Å². The second kappa shape index (κ2) is 8.51. The number of hydrogen-bond acceptors (Lipinski definition) is 4. The van der Waals surface area contributed by atoms with E-state index in [1.165, 1.54) is 6.92 Å². The van der Waals surface area contributed by atoms with E-state index in [-0.39, 0.29) is 0 Å². The van der Waals surface area contributed by atoms with Crippen molar-refractivity contribution in [3.05, 3.63) is 0 Å². The molecule has 0 fully saturated rings. The molecule has 0 saturated heterocycles. The summed E-state index contributed by atoms with van der Waals surface area (Å²) in [6.45, 7) is 2.05. The van der Waals surface area contributed by atoms with E-state index in [4.69, 9.17) is 11.5 Å². The van der Waals surface area contributed by atoms with Gasteiger partial charge in [0.05, 0.1) is 0 Å². The molecule has 3 amide bonds. The quantitative estimate of drug-likeness (QED) is 0.282. The van der Waals surface area contributed by atoms with E-state index in [0.29, 0.717) is 25.8 Å². The first-order valence-corrected chi connectivity index (χ1v) is 5.52. The molecule has 0 saturated carbocycles. The van der Waals surface area contributed by atoms with Crippen molar-refractivity contribution in [2.75, 3.05) is 6.54 Å². The Labute approximate surface area is 100 Å². The fourth-order valence-corrected chi connectivity index (χ4v) is 1.25. The SMILES string of the molecule is C[C@H](NC=O)C(=O)NC(CCCCN)C(N)=O. The lowest BCUT2D eigenvalue weighted by Gasteiger charge is -2.18. The van der Waals surface area contributed by atoms with E-state index in [1.54, 1.807) is 0 Å². The van der Waals surface area contributed by atoms with Crippen LogP contribution in [0.5, 0.6) is 0 Å². The zero-order valence-electron chi connectivity index (χ0n) is 9.94. The van der Waals surface area contributed by atoms with Crippen molar-refractivity contribution in [3.8, 4) is 0 Å². The van der Waals surface area contributed by atoms with Crippen LogP contribution >= 0.6 is 0 Å². The average Bonchev–Trinajstić information content (AvgIpc) is 2.27. The van der Waals surface area contributed by atoms with Crippen LogP contribution in [0.1, 0.15) is 26.2 Å². The maximum Gasteiger partial charge on any atom is 0.242 e. The molecule has 2 atom stereocenters. The van der Waals surface area contributed by atoms with Gasteiger partial charge in [0.15, 0.2) is 0 Å². The molecular formula is C10H20N4O3. The van der Waals surface area contributed by atoms with Gasteiger partial charge in [0.1, 0.15) is 12.1 Å². The number of rotatable bonds is 9. The fourth-order valence-electron chi connectivity index (χ4n) is 1.25. The first-order valence-electron chi connectivity index (χ1n) is 5.52. The standard InChI is InChI=1S/C10H20N4O3/c1-7(13-6-15)10(17)14-8(9(12)16)4-2-3-5-11/h6-8H,2-5,11H2,1H3,(H2,12,16)(H,13,15)(H,14,17)/t7-,8?/m0/s1. The van der Waals surface area contributed by atoms with Crippen molar-refractivity contribution in [1.29, 1.82) is 0 Å². The lowest BCUT2D eigenvalue weighted by Crippen LogP contribution is -2.50. The number of unbranched alkanes of at least 4 members (excludes halogenated alkanes) is 1. The van der Waals surface area contributed by atoms with Crippen molar-refractivity contribution >= 4 is 18.2 Å². The van der Waals surface area contributed by atoms with Crippen molar-refractivity contribution in [1.82, 2.24) is 10.6 Å². The topological polar surface area (TPSA) is 127 Å². The summed E-state index contributed by atoms with van der Waals surface area (Å²) in [5.41, 5.74) is 10.5. The Morgan fingerprint density at radius 2 is 2.00 bits per heavy atom. The highest BCUT2D eigenvalue weighted by Crippen LogP contribution is 2.00. The molecular weight excluding hydrogens is 224 g/mol. The molecule has 0 aliphatic carbocycles. The van der Waals surface area contributed by atoms with Crippen LogP contribution in [0.3, 0.4) is 0 Å². The van der Waals surface area contributed by atoms with Crippen LogP contribution in [0.2, 0.25) is 0 Å². The molecule has 0 aliphatic heterocycles. The molecule has 7 heteroatoms. The van der Waals surface area contributed by atoms with Crippen LogP contribution in [0.25, 0.3) is 0 Å². The second-order valence-corrected chi connectivity index (χ2v) is 3.75. The molecule has 0 aromatic rings. The van der Waals surface area contributed by atoms with Gasteiger partial charge in [0.25, 0.3) is 0 Å². The van der Waals surface area contributed by atoms with Crippen molar-refractivity contribution in [2.45, 2.75) is 38.3 Å². The van der Waals surface area contributed by atoms with Gasteiger partial charge in [-0.25, -0.2) is 0 Å². The number of nitrogens with two attached hydrogens (primary N) is 2. The van der Waals surface area contributed by atoms with Gasteiger partial charge in [0.2, 0.25) is 18.2 Å². The number of nitrogens with one attached hydrogen (secondary N) is 2. The maximum absolute atomic E-state index is 11.5. The highest BCUT2D eigenvalue weighted by atomic mass is 16.2. The third-order valence-corrected chi connectivity index (χ3v) is 2.32. The van der Waals surface area contributed by atoms with Crippen LogP contribution in [0, 0.1) is 0 Å². The molecule has 0 heterocycles. The molecule has 0 aliphatic rings. The first-order chi connectivity index (χ1) is 8.02. The predicted octanol–water partition coefficient (Wildman–Crippen LogP) is -1.78. The van der Waals surface area contributed by atoms with Gasteiger partial charge >= 0.3 is 0 Å². The van der Waals surface area contributed by atoms with Crippen LogP contribution in [-0.4, -0.2) is 36.9 Å². The minimum absolute atomic E-state index is 0.429. The van der Waals surface area contributed by atoms with Crippen LogP contribution in [0.4, 0.5) is 0 Å². The Morgan fingerprint density at radius 3 is 2.47 bits per heavy atom. The van der Waals surface area contributed by atoms with E-state index < -0.39 is 23.9 Å². The summed E-state index contributed by atoms with van der Waals surface area (Å²) >= 11 is 0. The highest BCUT2D eigenvalue weighted by Gasteiger charge is 2.20. The van der Waals surface area contributed by atoms with Gasteiger partial charge in [-0.05, 0) is 32.7 Å². The molecule has 1 unspecified atom stereocenters. The summed E-state index contributed by atoms with van der Waals surface area (Å²) in [5, 5.41) is 4.78. The Morgan fingerprint density at radius 1 is 1.35 bits per heavy atom.